The van der Waals surface area contributed by atoms with E-state index in [9.17, 15) is 19.8 Å². The van der Waals surface area contributed by atoms with Crippen LogP contribution in [0, 0.1) is 20.8 Å². The van der Waals surface area contributed by atoms with E-state index in [2.05, 4.69) is 0 Å². The van der Waals surface area contributed by atoms with Crippen LogP contribution in [0.1, 0.15) is 56.3 Å². The second-order valence-corrected chi connectivity index (χ2v) is 8.34. The molecule has 0 aliphatic heterocycles. The zero-order valence-electron chi connectivity index (χ0n) is 21.0. The van der Waals surface area contributed by atoms with E-state index in [4.69, 9.17) is 18.9 Å². The molecule has 8 heteroatoms. The summed E-state index contributed by atoms with van der Waals surface area (Å²) in [5, 5.41) is 21.1. The van der Waals surface area contributed by atoms with Gasteiger partial charge in [-0.1, -0.05) is 19.1 Å². The fourth-order valence-corrected chi connectivity index (χ4v) is 3.64. The molecule has 36 heavy (non-hydrogen) atoms. The Labute approximate surface area is 210 Å². The minimum atomic E-state index is -0.810. The Hall–Kier alpha value is -4.20. The van der Waals surface area contributed by atoms with E-state index >= 15 is 0 Å². The molecule has 0 saturated heterocycles. The van der Waals surface area contributed by atoms with Gasteiger partial charge in [-0.3, -0.25) is 0 Å². The molecule has 0 aliphatic carbocycles. The Balaban J connectivity index is 1.78. The Morgan fingerprint density at radius 2 is 1.53 bits per heavy atom. The third-order valence-electron chi connectivity index (χ3n) is 5.60. The molecule has 0 unspecified atom stereocenters. The van der Waals surface area contributed by atoms with Crippen molar-refractivity contribution in [3.63, 3.8) is 0 Å². The van der Waals surface area contributed by atoms with Crippen LogP contribution in [0.2, 0.25) is 0 Å². The van der Waals surface area contributed by atoms with Crippen molar-refractivity contribution < 1.29 is 38.7 Å². The molecular weight excluding hydrogens is 464 g/mol. The van der Waals surface area contributed by atoms with Gasteiger partial charge in [0, 0.05) is 11.6 Å². The van der Waals surface area contributed by atoms with Crippen LogP contribution in [-0.4, -0.2) is 35.9 Å². The summed E-state index contributed by atoms with van der Waals surface area (Å²) in [6.45, 7) is 7.25. The molecule has 2 N–H and O–H groups in total. The van der Waals surface area contributed by atoms with Crippen LogP contribution in [0.25, 0.3) is 0 Å². The fourth-order valence-electron chi connectivity index (χ4n) is 3.64. The smallest absolute Gasteiger partial charge is 0.347 e. The zero-order valence-corrected chi connectivity index (χ0v) is 21.0. The first kappa shape index (κ1) is 26.4. The van der Waals surface area contributed by atoms with Crippen molar-refractivity contribution in [2.75, 3.05) is 13.7 Å². The first-order valence-electron chi connectivity index (χ1n) is 11.5. The van der Waals surface area contributed by atoms with E-state index in [-0.39, 0.29) is 41.6 Å². The number of aryl methyl sites for hydroxylation is 2. The molecule has 0 saturated carbocycles. The molecule has 3 aromatic carbocycles. The summed E-state index contributed by atoms with van der Waals surface area (Å²) in [4.78, 5) is 25.1. The molecule has 0 radical (unpaired) electrons. The SMILES string of the molecule is CCCOC(=O)c1c(C)cc(OC(=O)c2c(C)cc(OCc3ccc(OC)cc3)c(C)c2O)cc1O. The van der Waals surface area contributed by atoms with Gasteiger partial charge in [-0.05, 0) is 68.1 Å². The number of carbonyl (C=O) groups excluding carboxylic acids is 2. The fraction of sp³-hybridized carbons (Fsp3) is 0.286. The summed E-state index contributed by atoms with van der Waals surface area (Å²) in [5.41, 5.74) is 2.12. The van der Waals surface area contributed by atoms with Gasteiger partial charge >= 0.3 is 11.9 Å². The third kappa shape index (κ3) is 5.89. The first-order chi connectivity index (χ1) is 17.2. The molecule has 0 atom stereocenters. The highest BCUT2D eigenvalue weighted by atomic mass is 16.5. The minimum absolute atomic E-state index is 0.0106. The van der Waals surface area contributed by atoms with Gasteiger partial charge in [-0.25, -0.2) is 9.59 Å². The highest BCUT2D eigenvalue weighted by molar-refractivity contribution is 5.97. The third-order valence-corrected chi connectivity index (χ3v) is 5.60. The van der Waals surface area contributed by atoms with Crippen LogP contribution < -0.4 is 14.2 Å². The van der Waals surface area contributed by atoms with Gasteiger partial charge in [0.15, 0.2) is 0 Å². The van der Waals surface area contributed by atoms with Gasteiger partial charge in [0.25, 0.3) is 0 Å². The number of hydrogen-bond donors (Lipinski definition) is 2. The van der Waals surface area contributed by atoms with Crippen molar-refractivity contribution in [3.8, 4) is 28.7 Å². The van der Waals surface area contributed by atoms with Crippen molar-refractivity contribution in [1.82, 2.24) is 0 Å². The van der Waals surface area contributed by atoms with Crippen LogP contribution in [0.4, 0.5) is 0 Å². The van der Waals surface area contributed by atoms with E-state index in [0.29, 0.717) is 28.9 Å². The van der Waals surface area contributed by atoms with Crippen molar-refractivity contribution in [2.45, 2.75) is 40.7 Å². The molecule has 0 aliphatic rings. The maximum absolute atomic E-state index is 12.9. The number of aromatic hydroxyl groups is 2. The molecule has 8 nitrogen and oxygen atoms in total. The normalized spacial score (nSPS) is 10.6. The standard InChI is InChI=1S/C28H30O8/c1-6-11-34-27(31)24-16(2)12-21(14-22(24)29)36-28(32)25-17(3)13-23(18(4)26(25)30)35-15-19-7-9-20(33-5)10-8-19/h7-10,12-14,29-30H,6,11,15H2,1-5H3. The molecule has 3 aromatic rings. The number of methoxy groups -OCH3 is 1. The zero-order chi connectivity index (χ0) is 26.4. The lowest BCUT2D eigenvalue weighted by molar-refractivity contribution is 0.0501. The molecule has 0 heterocycles. The average molecular weight is 495 g/mol. The van der Waals surface area contributed by atoms with Gasteiger partial charge < -0.3 is 29.2 Å². The van der Waals surface area contributed by atoms with Gasteiger partial charge in [-0.2, -0.15) is 0 Å². The maximum Gasteiger partial charge on any atom is 0.347 e. The van der Waals surface area contributed by atoms with Crippen molar-refractivity contribution >= 4 is 11.9 Å². The highest BCUT2D eigenvalue weighted by Gasteiger charge is 2.23. The molecule has 0 bridgehead atoms. The van der Waals surface area contributed by atoms with E-state index < -0.39 is 11.9 Å². The number of esters is 2. The summed E-state index contributed by atoms with van der Waals surface area (Å²) < 4.78 is 21.5. The number of benzene rings is 3. The topological polar surface area (TPSA) is 112 Å². The largest absolute Gasteiger partial charge is 0.507 e. The first-order valence-corrected chi connectivity index (χ1v) is 11.5. The van der Waals surface area contributed by atoms with Gasteiger partial charge in [0.2, 0.25) is 0 Å². The van der Waals surface area contributed by atoms with Crippen molar-refractivity contribution in [1.29, 1.82) is 0 Å². The lowest BCUT2D eigenvalue weighted by Gasteiger charge is -2.16. The van der Waals surface area contributed by atoms with Crippen LogP contribution in [0.15, 0.2) is 42.5 Å². The van der Waals surface area contributed by atoms with Crippen LogP contribution in [0.5, 0.6) is 28.7 Å². The number of hydrogen-bond acceptors (Lipinski definition) is 8. The van der Waals surface area contributed by atoms with E-state index in [1.165, 1.54) is 12.1 Å². The predicted octanol–water partition coefficient (Wildman–Crippen LogP) is 5.40. The molecule has 0 spiro atoms. The molecule has 0 fully saturated rings. The maximum atomic E-state index is 12.9. The van der Waals surface area contributed by atoms with Crippen molar-refractivity contribution in [3.05, 3.63) is 75.8 Å². The molecule has 3 rings (SSSR count). The minimum Gasteiger partial charge on any atom is -0.507 e. The number of phenols is 2. The summed E-state index contributed by atoms with van der Waals surface area (Å²) >= 11 is 0. The number of ether oxygens (including phenoxy) is 4. The van der Waals surface area contributed by atoms with Gasteiger partial charge in [-0.15, -0.1) is 0 Å². The van der Waals surface area contributed by atoms with E-state index in [1.807, 2.05) is 31.2 Å². The summed E-state index contributed by atoms with van der Waals surface area (Å²) in [5.74, 6) is -0.891. The predicted molar refractivity (Wildman–Crippen MR) is 133 cm³/mol. The van der Waals surface area contributed by atoms with Crippen LogP contribution in [-0.2, 0) is 11.3 Å². The lowest BCUT2D eigenvalue weighted by atomic mass is 10.0. The van der Waals surface area contributed by atoms with Crippen LogP contribution >= 0.6 is 0 Å². The Kier molecular flexibility index (Phi) is 8.42. The highest BCUT2D eigenvalue weighted by Crippen LogP contribution is 2.35. The van der Waals surface area contributed by atoms with Gasteiger partial charge in [0.1, 0.15) is 46.5 Å². The molecule has 190 valence electrons. The Morgan fingerprint density at radius 1 is 0.861 bits per heavy atom. The van der Waals surface area contributed by atoms with Gasteiger partial charge in [0.05, 0.1) is 13.7 Å². The summed E-state index contributed by atoms with van der Waals surface area (Å²) in [6, 6.07) is 11.7. The summed E-state index contributed by atoms with van der Waals surface area (Å²) in [6.07, 6.45) is 0.648. The molecular formula is C28H30O8. The number of carbonyl (C=O) groups is 2. The quantitative estimate of drug-likeness (QED) is 0.301. The summed E-state index contributed by atoms with van der Waals surface area (Å²) in [7, 11) is 1.59. The lowest BCUT2D eigenvalue weighted by Crippen LogP contribution is -2.13. The average Bonchev–Trinajstić information content (AvgIpc) is 2.84. The molecule has 0 amide bonds. The Bertz CT molecular complexity index is 1240. The number of phenolic OH excluding ortho intramolecular Hbond substituents is 2. The molecule has 0 aromatic heterocycles. The Morgan fingerprint density at radius 3 is 2.14 bits per heavy atom. The van der Waals surface area contributed by atoms with E-state index in [0.717, 1.165) is 11.3 Å². The van der Waals surface area contributed by atoms with Crippen molar-refractivity contribution in [2.24, 2.45) is 0 Å². The monoisotopic (exact) mass is 494 g/mol. The van der Waals surface area contributed by atoms with E-state index in [1.54, 1.807) is 33.9 Å². The van der Waals surface area contributed by atoms with Crippen LogP contribution in [0.3, 0.4) is 0 Å². The number of rotatable bonds is 9. The second kappa shape index (κ2) is 11.5. The second-order valence-electron chi connectivity index (χ2n) is 8.34.